The van der Waals surface area contributed by atoms with Gasteiger partial charge in [0.05, 0.1) is 12.1 Å². The van der Waals surface area contributed by atoms with Crippen molar-refractivity contribution in [1.29, 1.82) is 0 Å². The Kier molecular flexibility index (Phi) is 7.23. The summed E-state index contributed by atoms with van der Waals surface area (Å²) in [4.78, 5) is 14.9. The number of ketones is 1. The molecule has 2 N–H and O–H groups in total. The van der Waals surface area contributed by atoms with Gasteiger partial charge in [-0.3, -0.25) is 9.69 Å². The molecule has 2 atom stereocenters. The predicted octanol–water partition coefficient (Wildman–Crippen LogP) is 3.66. The number of benzene rings is 2. The summed E-state index contributed by atoms with van der Waals surface area (Å²) in [7, 11) is 0. The van der Waals surface area contributed by atoms with Crippen LogP contribution in [-0.2, 0) is 12.0 Å². The maximum Gasteiger partial charge on any atom is 0.176 e. The second-order valence-corrected chi connectivity index (χ2v) is 8.83. The van der Waals surface area contributed by atoms with Crippen molar-refractivity contribution in [3.63, 3.8) is 0 Å². The van der Waals surface area contributed by atoms with Gasteiger partial charge < -0.3 is 10.2 Å². The molecule has 0 spiro atoms. The lowest BCUT2D eigenvalue weighted by molar-refractivity contribution is 0.0784. The summed E-state index contributed by atoms with van der Waals surface area (Å²) in [6.07, 6.45) is 3.23. The maximum atomic E-state index is 12.7. The number of aryl methyl sites for hydroxylation is 1. The highest BCUT2D eigenvalue weighted by molar-refractivity contribution is 5.97. The Morgan fingerprint density at radius 3 is 2.31 bits per heavy atom. The van der Waals surface area contributed by atoms with Crippen molar-refractivity contribution in [3.05, 3.63) is 71.3 Å². The standard InChI is InChI=1S/C25H33NO3/c1-25(2,29)23-13-11-20(12-14-23)24(28)17-26-15-21(22(16-26)18-27)10-6-9-19-7-4-3-5-8-19/h3-5,7-8,11-14,21-22,27,29H,6,9-10,15-18H2,1-2H3/t21-,22-/m1/s1. The van der Waals surface area contributed by atoms with Gasteiger partial charge in [-0.05, 0) is 56.1 Å². The average Bonchev–Trinajstić information content (AvgIpc) is 3.10. The second kappa shape index (κ2) is 9.66. The summed E-state index contributed by atoms with van der Waals surface area (Å²) in [5.74, 6) is 0.777. The summed E-state index contributed by atoms with van der Waals surface area (Å²) < 4.78 is 0. The molecule has 1 aliphatic heterocycles. The number of hydrogen-bond acceptors (Lipinski definition) is 4. The molecule has 1 saturated heterocycles. The zero-order chi connectivity index (χ0) is 20.9. The lowest BCUT2D eigenvalue weighted by Crippen LogP contribution is -2.28. The Bertz CT molecular complexity index is 780. The van der Waals surface area contributed by atoms with Gasteiger partial charge in [0.1, 0.15) is 0 Å². The number of Topliss-reactive ketones (excluding diaryl/α,β-unsaturated/α-hetero) is 1. The third kappa shape index (κ3) is 5.99. The van der Waals surface area contributed by atoms with Gasteiger partial charge in [0, 0.05) is 25.3 Å². The largest absolute Gasteiger partial charge is 0.396 e. The van der Waals surface area contributed by atoms with Gasteiger partial charge in [-0.1, -0.05) is 54.6 Å². The maximum absolute atomic E-state index is 12.7. The first-order chi connectivity index (χ1) is 13.9. The highest BCUT2D eigenvalue weighted by atomic mass is 16.3. The van der Waals surface area contributed by atoms with Crippen molar-refractivity contribution in [2.75, 3.05) is 26.2 Å². The molecule has 0 radical (unpaired) electrons. The van der Waals surface area contributed by atoms with Gasteiger partial charge in [-0.2, -0.15) is 0 Å². The number of hydrogen-bond donors (Lipinski definition) is 2. The fraction of sp³-hybridized carbons (Fsp3) is 0.480. The molecule has 1 heterocycles. The summed E-state index contributed by atoms with van der Waals surface area (Å²) in [5, 5.41) is 19.9. The summed E-state index contributed by atoms with van der Waals surface area (Å²) >= 11 is 0. The first-order valence-corrected chi connectivity index (χ1v) is 10.6. The van der Waals surface area contributed by atoms with E-state index >= 15 is 0 Å². The molecule has 0 unspecified atom stereocenters. The van der Waals surface area contributed by atoms with Crippen molar-refractivity contribution >= 4 is 5.78 Å². The van der Waals surface area contributed by atoms with Crippen LogP contribution in [0.5, 0.6) is 0 Å². The van der Waals surface area contributed by atoms with Gasteiger partial charge in [-0.25, -0.2) is 0 Å². The molecular formula is C25H33NO3. The molecule has 29 heavy (non-hydrogen) atoms. The highest BCUT2D eigenvalue weighted by Crippen LogP contribution is 2.28. The molecule has 0 aromatic heterocycles. The minimum Gasteiger partial charge on any atom is -0.396 e. The lowest BCUT2D eigenvalue weighted by Gasteiger charge is -2.18. The Labute approximate surface area is 174 Å². The van der Waals surface area contributed by atoms with E-state index < -0.39 is 5.60 Å². The molecule has 4 nitrogen and oxygen atoms in total. The van der Waals surface area contributed by atoms with Crippen LogP contribution in [0.15, 0.2) is 54.6 Å². The molecule has 0 bridgehead atoms. The minimum absolute atomic E-state index is 0.0916. The first kappa shape index (κ1) is 21.7. The zero-order valence-electron chi connectivity index (χ0n) is 17.6. The fourth-order valence-electron chi connectivity index (χ4n) is 4.27. The number of likely N-dealkylation sites (tertiary alicyclic amines) is 1. The number of aliphatic hydroxyl groups excluding tert-OH is 1. The summed E-state index contributed by atoms with van der Waals surface area (Å²) in [5.41, 5.74) is 1.92. The van der Waals surface area contributed by atoms with Crippen LogP contribution in [0.4, 0.5) is 0 Å². The Morgan fingerprint density at radius 2 is 1.69 bits per heavy atom. The fourth-order valence-corrected chi connectivity index (χ4v) is 4.27. The quantitative estimate of drug-likeness (QED) is 0.636. The molecular weight excluding hydrogens is 362 g/mol. The molecule has 1 fully saturated rings. The first-order valence-electron chi connectivity index (χ1n) is 10.6. The third-order valence-electron chi connectivity index (χ3n) is 6.05. The SMILES string of the molecule is CC(C)(O)c1ccc(C(=O)CN2C[C@@H](CCCc3ccccc3)[C@@H](CO)C2)cc1. The lowest BCUT2D eigenvalue weighted by atomic mass is 9.91. The molecule has 0 amide bonds. The Balaban J connectivity index is 1.51. The van der Waals surface area contributed by atoms with Crippen LogP contribution < -0.4 is 0 Å². The van der Waals surface area contributed by atoms with Crippen LogP contribution >= 0.6 is 0 Å². The van der Waals surface area contributed by atoms with Crippen LogP contribution in [-0.4, -0.2) is 47.1 Å². The van der Waals surface area contributed by atoms with Gasteiger partial charge in [0.2, 0.25) is 0 Å². The molecule has 3 rings (SSSR count). The normalized spacial score (nSPS) is 20.1. The molecule has 0 aliphatic carbocycles. The Morgan fingerprint density at radius 1 is 1.03 bits per heavy atom. The van der Waals surface area contributed by atoms with Crippen LogP contribution in [0.3, 0.4) is 0 Å². The molecule has 2 aromatic rings. The minimum atomic E-state index is -0.905. The zero-order valence-corrected chi connectivity index (χ0v) is 17.6. The van der Waals surface area contributed by atoms with Crippen molar-refractivity contribution in [2.45, 2.75) is 38.7 Å². The monoisotopic (exact) mass is 395 g/mol. The summed E-state index contributed by atoms with van der Waals surface area (Å²) in [6, 6.07) is 17.7. The van der Waals surface area contributed by atoms with Gasteiger partial charge >= 0.3 is 0 Å². The van der Waals surface area contributed by atoms with E-state index in [1.807, 2.05) is 18.2 Å². The topological polar surface area (TPSA) is 60.8 Å². The van der Waals surface area contributed by atoms with Gasteiger partial charge in [0.25, 0.3) is 0 Å². The van der Waals surface area contributed by atoms with E-state index in [0.717, 1.165) is 37.9 Å². The molecule has 0 saturated carbocycles. The van der Waals surface area contributed by atoms with Crippen LogP contribution in [0.1, 0.15) is 48.2 Å². The van der Waals surface area contributed by atoms with Crippen molar-refractivity contribution in [3.8, 4) is 0 Å². The predicted molar refractivity (Wildman–Crippen MR) is 116 cm³/mol. The van der Waals surface area contributed by atoms with Gasteiger partial charge in [-0.15, -0.1) is 0 Å². The number of carbonyl (C=O) groups is 1. The highest BCUT2D eigenvalue weighted by Gasteiger charge is 2.32. The van der Waals surface area contributed by atoms with Crippen LogP contribution in [0.25, 0.3) is 0 Å². The van der Waals surface area contributed by atoms with Gasteiger partial charge in [0.15, 0.2) is 5.78 Å². The third-order valence-corrected chi connectivity index (χ3v) is 6.05. The van der Waals surface area contributed by atoms with Crippen LogP contribution in [0, 0.1) is 11.8 Å². The number of aliphatic hydroxyl groups is 2. The second-order valence-electron chi connectivity index (χ2n) is 8.83. The van der Waals surface area contributed by atoms with E-state index in [0.29, 0.717) is 18.0 Å². The van der Waals surface area contributed by atoms with Crippen molar-refractivity contribution < 1.29 is 15.0 Å². The van der Waals surface area contributed by atoms with Crippen molar-refractivity contribution in [2.24, 2.45) is 11.8 Å². The van der Waals surface area contributed by atoms with E-state index in [9.17, 15) is 15.0 Å². The van der Waals surface area contributed by atoms with Crippen LogP contribution in [0.2, 0.25) is 0 Å². The Hall–Kier alpha value is -2.01. The summed E-state index contributed by atoms with van der Waals surface area (Å²) in [6.45, 7) is 5.68. The number of nitrogens with zero attached hydrogens (tertiary/aromatic N) is 1. The van der Waals surface area contributed by atoms with E-state index in [2.05, 4.69) is 29.2 Å². The van der Waals surface area contributed by atoms with Crippen molar-refractivity contribution in [1.82, 2.24) is 4.90 Å². The molecule has 4 heteroatoms. The molecule has 1 aliphatic rings. The number of rotatable bonds is 9. The van der Waals surface area contributed by atoms with E-state index in [-0.39, 0.29) is 18.3 Å². The average molecular weight is 396 g/mol. The molecule has 156 valence electrons. The number of carbonyl (C=O) groups excluding carboxylic acids is 1. The molecule has 2 aromatic carbocycles. The van der Waals surface area contributed by atoms with E-state index in [1.165, 1.54) is 5.56 Å². The smallest absolute Gasteiger partial charge is 0.176 e. The van der Waals surface area contributed by atoms with E-state index in [4.69, 9.17) is 0 Å². The van der Waals surface area contributed by atoms with E-state index in [1.54, 1.807) is 26.0 Å².